The summed E-state index contributed by atoms with van der Waals surface area (Å²) < 4.78 is 11.4. The van der Waals surface area contributed by atoms with Gasteiger partial charge in [0.25, 0.3) is 0 Å². The Kier molecular flexibility index (Phi) is 7.40. The molecule has 2 N–H and O–H groups in total. The summed E-state index contributed by atoms with van der Waals surface area (Å²) in [5.74, 6) is -0.381. The number of carboxylic acid groups (broad SMARTS) is 1. The minimum absolute atomic E-state index is 0.307. The lowest BCUT2D eigenvalue weighted by molar-refractivity contribution is -0.139. The Morgan fingerprint density at radius 3 is 2.87 bits per heavy atom. The minimum Gasteiger partial charge on any atom is -0.492 e. The molecular formula is C22H25N3O5. The van der Waals surface area contributed by atoms with Crippen molar-refractivity contribution in [1.29, 1.82) is 0 Å². The highest BCUT2D eigenvalue weighted by Gasteiger charge is 2.22. The molecule has 0 aliphatic carbocycles. The molecule has 0 amide bonds. The average Bonchev–Trinajstić information content (AvgIpc) is 3.15. The summed E-state index contributed by atoms with van der Waals surface area (Å²) in [6.45, 7) is 3.22. The first-order valence-electron chi connectivity index (χ1n) is 9.64. The van der Waals surface area contributed by atoms with Crippen LogP contribution in [0.1, 0.15) is 18.4 Å². The third-order valence-corrected chi connectivity index (χ3v) is 4.54. The van der Waals surface area contributed by atoms with Gasteiger partial charge in [-0.15, -0.1) is 0 Å². The number of nitrogens with zero attached hydrogens (tertiary/aromatic N) is 2. The number of oxime groups is 1. The van der Waals surface area contributed by atoms with E-state index >= 15 is 0 Å². The minimum atomic E-state index is -0.942. The van der Waals surface area contributed by atoms with E-state index in [-0.39, 0.29) is 0 Å². The SMILES string of the molecule is CON=C(C)C(Cc1cccc(OCCNCc2nc3ccccc3o2)c1)C(=O)O. The topological polar surface area (TPSA) is 106 Å². The van der Waals surface area contributed by atoms with Gasteiger partial charge in [-0.25, -0.2) is 4.98 Å². The number of hydrogen-bond donors (Lipinski definition) is 2. The molecule has 8 nitrogen and oxygen atoms in total. The van der Waals surface area contributed by atoms with Gasteiger partial charge in [0.1, 0.15) is 30.9 Å². The molecule has 0 saturated carbocycles. The largest absolute Gasteiger partial charge is 0.492 e. The van der Waals surface area contributed by atoms with Gasteiger partial charge in [-0.3, -0.25) is 4.79 Å². The first kappa shape index (κ1) is 21.3. The number of aliphatic carboxylic acids is 1. The van der Waals surface area contributed by atoms with Gasteiger partial charge < -0.3 is 24.4 Å². The second-order valence-corrected chi connectivity index (χ2v) is 6.76. The molecule has 1 atom stereocenters. The van der Waals surface area contributed by atoms with Crippen molar-refractivity contribution in [2.45, 2.75) is 19.9 Å². The summed E-state index contributed by atoms with van der Waals surface area (Å²) in [4.78, 5) is 20.7. The zero-order valence-corrected chi connectivity index (χ0v) is 17.0. The summed E-state index contributed by atoms with van der Waals surface area (Å²) in [6, 6.07) is 15.0. The van der Waals surface area contributed by atoms with Crippen LogP contribution in [-0.4, -0.2) is 42.0 Å². The molecule has 0 bridgehead atoms. The highest BCUT2D eigenvalue weighted by molar-refractivity contribution is 6.00. The summed E-state index contributed by atoms with van der Waals surface area (Å²) in [5.41, 5.74) is 2.88. The highest BCUT2D eigenvalue weighted by atomic mass is 16.6. The monoisotopic (exact) mass is 411 g/mol. The van der Waals surface area contributed by atoms with Crippen molar-refractivity contribution < 1.29 is 23.9 Å². The Labute approximate surface area is 174 Å². The van der Waals surface area contributed by atoms with Crippen LogP contribution in [0.15, 0.2) is 58.1 Å². The standard InChI is InChI=1S/C22H25N3O5/c1-15(25-28-2)18(22(26)27)13-16-6-5-7-17(12-16)29-11-10-23-14-21-24-19-8-3-4-9-20(19)30-21/h3-9,12,18,23H,10-11,13-14H2,1-2H3,(H,26,27). The molecule has 0 fully saturated rings. The summed E-state index contributed by atoms with van der Waals surface area (Å²) >= 11 is 0. The van der Waals surface area contributed by atoms with E-state index in [2.05, 4.69) is 15.5 Å². The molecule has 0 aliphatic heterocycles. The summed E-state index contributed by atoms with van der Waals surface area (Å²) in [5, 5.41) is 16.4. The van der Waals surface area contributed by atoms with Crippen LogP contribution in [-0.2, 0) is 22.6 Å². The van der Waals surface area contributed by atoms with Crippen LogP contribution in [0.4, 0.5) is 0 Å². The van der Waals surface area contributed by atoms with E-state index in [1.54, 1.807) is 6.92 Å². The number of oxazole rings is 1. The molecule has 0 saturated heterocycles. The van der Waals surface area contributed by atoms with E-state index in [0.29, 0.717) is 43.5 Å². The Bertz CT molecular complexity index is 982. The molecule has 3 rings (SSSR count). The van der Waals surface area contributed by atoms with Gasteiger partial charge in [0.15, 0.2) is 5.58 Å². The fourth-order valence-corrected chi connectivity index (χ4v) is 3.05. The predicted molar refractivity (Wildman–Crippen MR) is 113 cm³/mol. The fraction of sp³-hybridized carbons (Fsp3) is 0.318. The van der Waals surface area contributed by atoms with Crippen LogP contribution < -0.4 is 10.1 Å². The van der Waals surface area contributed by atoms with E-state index in [0.717, 1.165) is 16.7 Å². The van der Waals surface area contributed by atoms with Gasteiger partial charge in [0, 0.05) is 6.54 Å². The van der Waals surface area contributed by atoms with Crippen molar-refractivity contribution in [1.82, 2.24) is 10.3 Å². The first-order chi connectivity index (χ1) is 14.6. The Balaban J connectivity index is 1.47. The Morgan fingerprint density at radius 1 is 1.27 bits per heavy atom. The highest BCUT2D eigenvalue weighted by Crippen LogP contribution is 2.18. The van der Waals surface area contributed by atoms with Gasteiger partial charge >= 0.3 is 5.97 Å². The van der Waals surface area contributed by atoms with E-state index in [1.165, 1.54) is 7.11 Å². The van der Waals surface area contributed by atoms with Crippen molar-refractivity contribution in [2.75, 3.05) is 20.3 Å². The van der Waals surface area contributed by atoms with Crippen molar-refractivity contribution in [2.24, 2.45) is 11.1 Å². The van der Waals surface area contributed by atoms with E-state index in [9.17, 15) is 9.90 Å². The van der Waals surface area contributed by atoms with Crippen LogP contribution >= 0.6 is 0 Å². The number of aromatic nitrogens is 1. The number of para-hydroxylation sites is 2. The number of fused-ring (bicyclic) bond motifs is 1. The maximum Gasteiger partial charge on any atom is 0.312 e. The molecule has 1 aromatic heterocycles. The lowest BCUT2D eigenvalue weighted by Crippen LogP contribution is -2.24. The van der Waals surface area contributed by atoms with Gasteiger partial charge in [0.2, 0.25) is 5.89 Å². The quantitative estimate of drug-likeness (QED) is 0.283. The molecular weight excluding hydrogens is 386 g/mol. The number of hydrogen-bond acceptors (Lipinski definition) is 7. The average molecular weight is 411 g/mol. The van der Waals surface area contributed by atoms with Crippen molar-refractivity contribution in [3.05, 3.63) is 60.0 Å². The van der Waals surface area contributed by atoms with E-state index in [1.807, 2.05) is 48.5 Å². The lowest BCUT2D eigenvalue weighted by Gasteiger charge is -2.13. The number of ether oxygens (including phenoxy) is 1. The number of nitrogens with one attached hydrogen (secondary N) is 1. The summed E-state index contributed by atoms with van der Waals surface area (Å²) in [7, 11) is 1.40. The van der Waals surface area contributed by atoms with Crippen LogP contribution in [0.5, 0.6) is 5.75 Å². The number of carbonyl (C=O) groups is 1. The van der Waals surface area contributed by atoms with Crippen molar-refractivity contribution in [3.8, 4) is 5.75 Å². The molecule has 1 heterocycles. The zero-order chi connectivity index (χ0) is 21.3. The van der Waals surface area contributed by atoms with Crippen LogP contribution in [0.25, 0.3) is 11.1 Å². The first-order valence-corrected chi connectivity index (χ1v) is 9.64. The molecule has 0 spiro atoms. The normalized spacial score (nSPS) is 12.7. The van der Waals surface area contributed by atoms with Crippen molar-refractivity contribution >= 4 is 22.8 Å². The zero-order valence-electron chi connectivity index (χ0n) is 17.0. The summed E-state index contributed by atoms with van der Waals surface area (Å²) in [6.07, 6.45) is 0.307. The molecule has 0 radical (unpaired) electrons. The van der Waals surface area contributed by atoms with E-state index in [4.69, 9.17) is 14.0 Å². The Hall–Kier alpha value is -3.39. The maximum absolute atomic E-state index is 11.5. The van der Waals surface area contributed by atoms with Crippen LogP contribution in [0.3, 0.4) is 0 Å². The molecule has 0 aliphatic rings. The number of rotatable bonds is 11. The smallest absolute Gasteiger partial charge is 0.312 e. The van der Waals surface area contributed by atoms with Crippen molar-refractivity contribution in [3.63, 3.8) is 0 Å². The fourth-order valence-electron chi connectivity index (χ4n) is 3.05. The Morgan fingerprint density at radius 2 is 2.10 bits per heavy atom. The molecule has 1 unspecified atom stereocenters. The number of benzene rings is 2. The van der Waals surface area contributed by atoms with Gasteiger partial charge in [-0.2, -0.15) is 0 Å². The number of carboxylic acids is 1. The second-order valence-electron chi connectivity index (χ2n) is 6.76. The van der Waals surface area contributed by atoms with Crippen LogP contribution in [0, 0.1) is 5.92 Å². The maximum atomic E-state index is 11.5. The third-order valence-electron chi connectivity index (χ3n) is 4.54. The van der Waals surface area contributed by atoms with E-state index < -0.39 is 11.9 Å². The van der Waals surface area contributed by atoms with Gasteiger partial charge in [0.05, 0.1) is 12.3 Å². The molecule has 2 aromatic carbocycles. The van der Waals surface area contributed by atoms with Gasteiger partial charge in [-0.05, 0) is 43.2 Å². The molecule has 3 aromatic rings. The predicted octanol–water partition coefficient (Wildman–Crippen LogP) is 3.26. The molecule has 158 valence electrons. The lowest BCUT2D eigenvalue weighted by atomic mass is 9.95. The molecule has 8 heteroatoms. The second kappa shape index (κ2) is 10.4. The third kappa shape index (κ3) is 5.81. The molecule has 30 heavy (non-hydrogen) atoms. The van der Waals surface area contributed by atoms with Gasteiger partial charge in [-0.1, -0.05) is 29.4 Å². The van der Waals surface area contributed by atoms with Crippen LogP contribution in [0.2, 0.25) is 0 Å².